The smallest absolute Gasteiger partial charge is 0.264 e. The number of hydrogen-bond donors (Lipinski definition) is 3. The number of anilines is 2. The fraction of sp³-hybridized carbons (Fsp3) is 0.171. The Bertz CT molecular complexity index is 2520. The van der Waals surface area contributed by atoms with E-state index >= 15 is 0 Å². The van der Waals surface area contributed by atoms with Crippen molar-refractivity contribution in [2.75, 3.05) is 17.7 Å². The number of azo groups is 3. The average Bonchev–Trinajstić information content (AvgIpc) is 3.14. The fourth-order valence-electron chi connectivity index (χ4n) is 5.54. The zero-order valence-corrected chi connectivity index (χ0v) is 31.0. The summed E-state index contributed by atoms with van der Waals surface area (Å²) >= 11 is 0. The number of aryl methyl sites for hydroxylation is 4. The number of rotatable bonds is 13. The second-order valence-electron chi connectivity index (χ2n) is 12.8. The molecular formula is C41H39N7O5S. The molecule has 6 aromatic rings. The van der Waals surface area contributed by atoms with E-state index in [-0.39, 0.29) is 18.8 Å². The predicted molar refractivity (Wildman–Crippen MR) is 213 cm³/mol. The molecule has 0 aliphatic heterocycles. The first-order chi connectivity index (χ1) is 25.9. The van der Waals surface area contributed by atoms with Crippen molar-refractivity contribution in [1.29, 1.82) is 0 Å². The second-order valence-corrected chi connectivity index (χ2v) is 14.3. The lowest BCUT2D eigenvalue weighted by Gasteiger charge is -2.11. The van der Waals surface area contributed by atoms with Crippen molar-refractivity contribution in [2.45, 2.75) is 34.1 Å². The quantitative estimate of drug-likeness (QED) is 0.0604. The molecule has 0 spiro atoms. The predicted octanol–water partition coefficient (Wildman–Crippen LogP) is 12.4. The van der Waals surface area contributed by atoms with E-state index in [0.717, 1.165) is 44.7 Å². The van der Waals surface area contributed by atoms with Gasteiger partial charge in [0.25, 0.3) is 10.1 Å². The van der Waals surface area contributed by atoms with Gasteiger partial charge in [-0.25, -0.2) is 0 Å². The van der Waals surface area contributed by atoms with E-state index in [1.807, 2.05) is 119 Å². The largest absolute Gasteiger partial charge is 0.505 e. The van der Waals surface area contributed by atoms with E-state index in [1.165, 1.54) is 0 Å². The summed E-state index contributed by atoms with van der Waals surface area (Å²) in [5.41, 5.74) is 8.42. The Balaban J connectivity index is 1.22. The molecule has 3 N–H and O–H groups in total. The molecule has 0 aliphatic rings. The maximum Gasteiger partial charge on any atom is 0.264 e. The summed E-state index contributed by atoms with van der Waals surface area (Å²) in [5.74, 6) is -0.0697. The number of para-hydroxylation sites is 1. The second kappa shape index (κ2) is 16.6. The van der Waals surface area contributed by atoms with Crippen LogP contribution in [0.5, 0.6) is 11.5 Å². The topological polar surface area (TPSA) is 170 Å². The molecule has 0 amide bonds. The average molecular weight is 742 g/mol. The molecule has 0 fully saturated rings. The number of benzene rings is 6. The van der Waals surface area contributed by atoms with Crippen LogP contribution in [0.25, 0.3) is 10.8 Å². The van der Waals surface area contributed by atoms with E-state index in [4.69, 9.17) is 9.29 Å². The van der Waals surface area contributed by atoms with E-state index in [2.05, 4.69) is 36.0 Å². The van der Waals surface area contributed by atoms with Crippen LogP contribution in [-0.4, -0.2) is 30.4 Å². The Labute approximate surface area is 313 Å². The highest BCUT2D eigenvalue weighted by molar-refractivity contribution is 7.85. The molecule has 6 rings (SSSR count). The number of phenols is 1. The molecular weight excluding hydrogens is 703 g/mol. The highest BCUT2D eigenvalue weighted by Gasteiger charge is 2.13. The first-order valence-corrected chi connectivity index (χ1v) is 18.8. The standard InChI is InChI=1S/C41H39N7O5S/c1-26-11-8-9-14-34(26)43-47-38-25-40(53-19-10-20-54(50,51)52)39(23-29(38)4)48-46-37-22-27(2)36(21-28(37)3)45-44-35-18-15-30-24-32(16-17-33(30)41(35)49)42-31-12-6-5-7-13-31/h5-9,11-18,21-25,42,49H,10,19-20H2,1-4H3,(H,50,51,52). The minimum absolute atomic E-state index is 0.0108. The molecule has 0 unspecified atom stereocenters. The van der Waals surface area contributed by atoms with Crippen LogP contribution in [-0.2, 0) is 10.1 Å². The van der Waals surface area contributed by atoms with Crippen LogP contribution in [0.4, 0.5) is 45.5 Å². The summed E-state index contributed by atoms with van der Waals surface area (Å²) in [6.07, 6.45) is 0.0712. The summed E-state index contributed by atoms with van der Waals surface area (Å²) in [6.45, 7) is 7.60. The van der Waals surface area contributed by atoms with Crippen molar-refractivity contribution >= 4 is 66.4 Å². The highest BCUT2D eigenvalue weighted by Crippen LogP contribution is 2.40. The zero-order chi connectivity index (χ0) is 38.2. The van der Waals surface area contributed by atoms with Gasteiger partial charge >= 0.3 is 0 Å². The molecule has 6 aromatic carbocycles. The van der Waals surface area contributed by atoms with Crippen LogP contribution >= 0.6 is 0 Å². The number of hydrogen-bond acceptors (Lipinski definition) is 11. The Morgan fingerprint density at radius 3 is 1.81 bits per heavy atom. The summed E-state index contributed by atoms with van der Waals surface area (Å²) in [6, 6.07) is 34.0. The van der Waals surface area contributed by atoms with E-state index in [9.17, 15) is 13.5 Å². The molecule has 0 saturated heterocycles. The van der Waals surface area contributed by atoms with Crippen molar-refractivity contribution in [3.63, 3.8) is 0 Å². The number of phenolic OH excluding ortho intramolecular Hbond substituents is 1. The third-order valence-electron chi connectivity index (χ3n) is 8.54. The number of aromatic hydroxyl groups is 1. The Morgan fingerprint density at radius 1 is 0.574 bits per heavy atom. The molecule has 0 bridgehead atoms. The molecule has 0 radical (unpaired) electrons. The van der Waals surface area contributed by atoms with Crippen molar-refractivity contribution in [1.82, 2.24) is 0 Å². The Hall–Kier alpha value is -6.31. The first kappa shape index (κ1) is 37.4. The third-order valence-corrected chi connectivity index (χ3v) is 9.35. The summed E-state index contributed by atoms with van der Waals surface area (Å²) in [7, 11) is -4.13. The van der Waals surface area contributed by atoms with Gasteiger partial charge in [-0.15, -0.1) is 10.2 Å². The molecule has 274 valence electrons. The molecule has 0 heterocycles. The van der Waals surface area contributed by atoms with Gasteiger partial charge in [0, 0.05) is 22.8 Å². The van der Waals surface area contributed by atoms with E-state index in [1.54, 1.807) is 18.2 Å². The van der Waals surface area contributed by atoms with Crippen molar-refractivity contribution in [3.8, 4) is 11.5 Å². The number of nitrogens with one attached hydrogen (secondary N) is 1. The fourth-order valence-corrected chi connectivity index (χ4v) is 6.02. The lowest BCUT2D eigenvalue weighted by molar-refractivity contribution is 0.317. The molecule has 0 aliphatic carbocycles. The monoisotopic (exact) mass is 741 g/mol. The number of ether oxygens (including phenoxy) is 1. The van der Waals surface area contributed by atoms with Gasteiger partial charge in [-0.05, 0) is 122 Å². The molecule has 13 heteroatoms. The molecule has 0 atom stereocenters. The van der Waals surface area contributed by atoms with Gasteiger partial charge in [0.1, 0.15) is 17.1 Å². The summed E-state index contributed by atoms with van der Waals surface area (Å²) < 4.78 is 37.6. The Kier molecular flexibility index (Phi) is 11.5. The molecule has 12 nitrogen and oxygen atoms in total. The van der Waals surface area contributed by atoms with E-state index < -0.39 is 15.9 Å². The Morgan fingerprint density at radius 2 is 1.15 bits per heavy atom. The van der Waals surface area contributed by atoms with Gasteiger partial charge in [0.15, 0.2) is 5.75 Å². The SMILES string of the molecule is Cc1ccccc1N=Nc1cc(OCCCS(=O)(=O)O)c(N=Nc2cc(C)c(N=Nc3ccc4cc(Nc5ccccc5)ccc4c3O)cc2C)cc1C. The maximum atomic E-state index is 11.2. The van der Waals surface area contributed by atoms with Crippen LogP contribution in [0.3, 0.4) is 0 Å². The van der Waals surface area contributed by atoms with Gasteiger partial charge in [-0.1, -0.05) is 42.5 Å². The van der Waals surface area contributed by atoms with Gasteiger partial charge in [-0.3, -0.25) is 4.55 Å². The first-order valence-electron chi connectivity index (χ1n) is 17.2. The van der Waals surface area contributed by atoms with Crippen LogP contribution in [0, 0.1) is 27.7 Å². The highest BCUT2D eigenvalue weighted by atomic mass is 32.2. The minimum atomic E-state index is -4.13. The zero-order valence-electron chi connectivity index (χ0n) is 30.2. The molecule has 54 heavy (non-hydrogen) atoms. The van der Waals surface area contributed by atoms with Crippen LogP contribution < -0.4 is 10.1 Å². The maximum absolute atomic E-state index is 11.2. The molecule has 0 aromatic heterocycles. The number of nitrogens with zero attached hydrogens (tertiary/aromatic N) is 6. The lowest BCUT2D eigenvalue weighted by atomic mass is 10.1. The van der Waals surface area contributed by atoms with Crippen LogP contribution in [0.15, 0.2) is 140 Å². The van der Waals surface area contributed by atoms with Crippen LogP contribution in [0.2, 0.25) is 0 Å². The molecule has 0 saturated carbocycles. The van der Waals surface area contributed by atoms with E-state index in [0.29, 0.717) is 39.6 Å². The van der Waals surface area contributed by atoms with Gasteiger partial charge < -0.3 is 15.2 Å². The third kappa shape index (κ3) is 9.56. The van der Waals surface area contributed by atoms with Crippen molar-refractivity contribution in [2.24, 2.45) is 30.7 Å². The summed E-state index contributed by atoms with van der Waals surface area (Å²) in [4.78, 5) is 0. The normalized spacial score (nSPS) is 12.0. The van der Waals surface area contributed by atoms with Crippen molar-refractivity contribution in [3.05, 3.63) is 131 Å². The van der Waals surface area contributed by atoms with Gasteiger partial charge in [0.2, 0.25) is 0 Å². The number of fused-ring (bicyclic) bond motifs is 1. The van der Waals surface area contributed by atoms with Crippen molar-refractivity contribution < 1.29 is 22.8 Å². The minimum Gasteiger partial charge on any atom is -0.505 e. The van der Waals surface area contributed by atoms with Crippen LogP contribution in [0.1, 0.15) is 28.7 Å². The lowest BCUT2D eigenvalue weighted by Crippen LogP contribution is -2.08. The summed E-state index contributed by atoms with van der Waals surface area (Å²) in [5, 5.41) is 42.6. The van der Waals surface area contributed by atoms with Gasteiger partial charge in [0.05, 0.1) is 35.1 Å². The van der Waals surface area contributed by atoms with Gasteiger partial charge in [-0.2, -0.15) is 28.9 Å².